The van der Waals surface area contributed by atoms with Crippen LogP contribution in [-0.4, -0.2) is 46.5 Å². The molecule has 0 aromatic rings. The predicted octanol–water partition coefficient (Wildman–Crippen LogP) is 0.679. The van der Waals surface area contributed by atoms with E-state index in [-0.39, 0.29) is 24.9 Å². The highest BCUT2D eigenvalue weighted by molar-refractivity contribution is 5.83. The van der Waals surface area contributed by atoms with Crippen LogP contribution in [0.1, 0.15) is 45.4 Å². The number of hydrogen-bond donors (Lipinski definition) is 3. The van der Waals surface area contributed by atoms with Crippen molar-refractivity contribution in [1.29, 1.82) is 0 Å². The van der Waals surface area contributed by atoms with Gasteiger partial charge in [0.15, 0.2) is 0 Å². The van der Waals surface area contributed by atoms with E-state index < -0.39 is 17.9 Å². The van der Waals surface area contributed by atoms with E-state index in [0.717, 1.165) is 25.7 Å². The lowest BCUT2D eigenvalue weighted by atomic mass is 10.1. The van der Waals surface area contributed by atoms with Crippen molar-refractivity contribution in [2.75, 3.05) is 6.54 Å². The molecule has 0 unspecified atom stereocenters. The molecular formula is C13H23N3O4. The molecule has 1 saturated carbocycles. The highest BCUT2D eigenvalue weighted by Gasteiger charge is 2.33. The van der Waals surface area contributed by atoms with E-state index in [1.807, 2.05) is 6.92 Å². The molecule has 1 atom stereocenters. The van der Waals surface area contributed by atoms with Gasteiger partial charge in [-0.1, -0.05) is 13.3 Å². The van der Waals surface area contributed by atoms with E-state index in [1.54, 1.807) is 4.90 Å². The number of hydrogen-bond acceptors (Lipinski definition) is 3. The quantitative estimate of drug-likeness (QED) is 0.578. The Balaban J connectivity index is 2.53. The number of carbonyl (C=O) groups is 3. The zero-order chi connectivity index (χ0) is 15.1. The maximum Gasteiger partial charge on any atom is 0.326 e. The van der Waals surface area contributed by atoms with Gasteiger partial charge in [0, 0.05) is 19.0 Å². The number of nitrogens with two attached hydrogens (primary N) is 1. The minimum atomic E-state index is -1.15. The number of unbranched alkanes of at least 4 members (excludes halogenated alkanes) is 1. The summed E-state index contributed by atoms with van der Waals surface area (Å²) in [6.45, 7) is 2.67. The van der Waals surface area contributed by atoms with Gasteiger partial charge < -0.3 is 21.1 Å². The minimum Gasteiger partial charge on any atom is -0.480 e. The van der Waals surface area contributed by atoms with Crippen LogP contribution in [0, 0.1) is 0 Å². The minimum absolute atomic E-state index is 0.0166. The topological polar surface area (TPSA) is 113 Å². The number of carboxylic acid groups (broad SMARTS) is 1. The molecule has 0 aromatic heterocycles. The lowest BCUT2D eigenvalue weighted by molar-refractivity contribution is -0.139. The number of amides is 3. The molecule has 1 fully saturated rings. The van der Waals surface area contributed by atoms with E-state index in [1.165, 1.54) is 0 Å². The summed E-state index contributed by atoms with van der Waals surface area (Å²) in [4.78, 5) is 35.6. The fraction of sp³-hybridized carbons (Fsp3) is 0.769. The summed E-state index contributed by atoms with van der Waals surface area (Å²) in [7, 11) is 0. The summed E-state index contributed by atoms with van der Waals surface area (Å²) in [6, 6.07) is -1.21. The second-order valence-corrected chi connectivity index (χ2v) is 5.12. The molecule has 7 nitrogen and oxygen atoms in total. The molecule has 114 valence electrons. The summed E-state index contributed by atoms with van der Waals surface area (Å²) in [6.07, 6.45) is 3.76. The van der Waals surface area contributed by atoms with Crippen molar-refractivity contribution in [2.24, 2.45) is 5.73 Å². The Kier molecular flexibility index (Phi) is 6.27. The molecule has 3 amide bonds. The first-order valence-electron chi connectivity index (χ1n) is 7.04. The lowest BCUT2D eigenvalue weighted by Crippen LogP contribution is -2.49. The third-order valence-electron chi connectivity index (χ3n) is 3.28. The standard InChI is InChI=1S/C13H23N3O4/c1-2-3-8-16(9-4-5-9)13(20)15-10(12(18)19)6-7-11(14)17/h9-10H,2-8H2,1H3,(H2,14,17)(H,15,20)(H,18,19)/t10-/m1/s1. The first-order chi connectivity index (χ1) is 9.45. The largest absolute Gasteiger partial charge is 0.480 e. The molecule has 0 heterocycles. The van der Waals surface area contributed by atoms with Gasteiger partial charge in [-0.2, -0.15) is 0 Å². The Morgan fingerprint density at radius 3 is 2.50 bits per heavy atom. The summed E-state index contributed by atoms with van der Waals surface area (Å²) in [5, 5.41) is 11.5. The Morgan fingerprint density at radius 1 is 1.40 bits per heavy atom. The van der Waals surface area contributed by atoms with Crippen molar-refractivity contribution in [3.63, 3.8) is 0 Å². The Labute approximate surface area is 118 Å². The molecule has 0 aromatic carbocycles. The van der Waals surface area contributed by atoms with Crippen LogP contribution in [0.15, 0.2) is 0 Å². The molecule has 1 aliphatic carbocycles. The zero-order valence-corrected chi connectivity index (χ0v) is 11.8. The van der Waals surface area contributed by atoms with E-state index in [2.05, 4.69) is 5.32 Å². The molecule has 1 rings (SSSR count). The molecular weight excluding hydrogens is 262 g/mol. The number of rotatable bonds is 9. The number of primary amides is 1. The van der Waals surface area contributed by atoms with Crippen LogP contribution in [0.4, 0.5) is 4.79 Å². The van der Waals surface area contributed by atoms with Gasteiger partial charge in [-0.05, 0) is 25.7 Å². The summed E-state index contributed by atoms with van der Waals surface area (Å²) >= 11 is 0. The van der Waals surface area contributed by atoms with E-state index in [4.69, 9.17) is 10.8 Å². The number of nitrogens with one attached hydrogen (secondary N) is 1. The average Bonchev–Trinajstić information content (AvgIpc) is 3.18. The Hall–Kier alpha value is -1.79. The Bertz CT molecular complexity index is 369. The summed E-state index contributed by atoms with van der Waals surface area (Å²) in [5.74, 6) is -1.72. The third-order valence-corrected chi connectivity index (χ3v) is 3.28. The third kappa shape index (κ3) is 5.46. The van der Waals surface area contributed by atoms with E-state index >= 15 is 0 Å². The number of aliphatic carboxylic acids is 1. The molecule has 4 N–H and O–H groups in total. The van der Waals surface area contributed by atoms with Gasteiger partial charge in [0.25, 0.3) is 0 Å². The molecule has 0 radical (unpaired) electrons. The second-order valence-electron chi connectivity index (χ2n) is 5.12. The molecule has 7 heteroatoms. The van der Waals surface area contributed by atoms with Gasteiger partial charge in [0.05, 0.1) is 0 Å². The molecule has 0 aliphatic heterocycles. The maximum atomic E-state index is 12.1. The van der Waals surface area contributed by atoms with Crippen LogP contribution in [0.3, 0.4) is 0 Å². The fourth-order valence-electron chi connectivity index (χ4n) is 1.94. The van der Waals surface area contributed by atoms with Crippen molar-refractivity contribution in [2.45, 2.75) is 57.5 Å². The first kappa shape index (κ1) is 16.3. The average molecular weight is 285 g/mol. The number of carboxylic acids is 1. The van der Waals surface area contributed by atoms with Crippen molar-refractivity contribution < 1.29 is 19.5 Å². The summed E-state index contributed by atoms with van der Waals surface area (Å²) in [5.41, 5.74) is 5.00. The smallest absolute Gasteiger partial charge is 0.326 e. The van der Waals surface area contributed by atoms with E-state index in [9.17, 15) is 14.4 Å². The number of carbonyl (C=O) groups excluding carboxylic acids is 2. The van der Waals surface area contributed by atoms with Crippen molar-refractivity contribution >= 4 is 17.9 Å². The van der Waals surface area contributed by atoms with Crippen LogP contribution in [-0.2, 0) is 9.59 Å². The normalized spacial score (nSPS) is 15.4. The maximum absolute atomic E-state index is 12.1. The van der Waals surface area contributed by atoms with Crippen LogP contribution >= 0.6 is 0 Å². The molecule has 20 heavy (non-hydrogen) atoms. The van der Waals surface area contributed by atoms with Crippen molar-refractivity contribution in [1.82, 2.24) is 10.2 Å². The van der Waals surface area contributed by atoms with Crippen molar-refractivity contribution in [3.05, 3.63) is 0 Å². The highest BCUT2D eigenvalue weighted by Crippen LogP contribution is 2.27. The second kappa shape index (κ2) is 7.72. The van der Waals surface area contributed by atoms with Crippen LogP contribution < -0.4 is 11.1 Å². The summed E-state index contributed by atoms with van der Waals surface area (Å²) < 4.78 is 0. The molecule has 0 saturated heterocycles. The van der Waals surface area contributed by atoms with Gasteiger partial charge in [-0.15, -0.1) is 0 Å². The Morgan fingerprint density at radius 2 is 2.05 bits per heavy atom. The van der Waals surface area contributed by atoms with Gasteiger partial charge >= 0.3 is 12.0 Å². The SMILES string of the molecule is CCCCN(C(=O)N[C@H](CCC(N)=O)C(=O)O)C1CC1. The molecule has 0 spiro atoms. The van der Waals surface area contributed by atoms with Gasteiger partial charge in [0.1, 0.15) is 6.04 Å². The predicted molar refractivity (Wildman–Crippen MR) is 73.0 cm³/mol. The van der Waals surface area contributed by atoms with Gasteiger partial charge in [-0.25, -0.2) is 9.59 Å². The number of nitrogens with zero attached hydrogens (tertiary/aromatic N) is 1. The van der Waals surface area contributed by atoms with Crippen LogP contribution in [0.25, 0.3) is 0 Å². The van der Waals surface area contributed by atoms with Crippen LogP contribution in [0.2, 0.25) is 0 Å². The number of urea groups is 1. The zero-order valence-electron chi connectivity index (χ0n) is 11.8. The van der Waals surface area contributed by atoms with E-state index in [0.29, 0.717) is 6.54 Å². The first-order valence-corrected chi connectivity index (χ1v) is 7.04. The highest BCUT2D eigenvalue weighted by atomic mass is 16.4. The monoisotopic (exact) mass is 285 g/mol. The van der Waals surface area contributed by atoms with Gasteiger partial charge in [-0.3, -0.25) is 4.79 Å². The van der Waals surface area contributed by atoms with Crippen molar-refractivity contribution in [3.8, 4) is 0 Å². The molecule has 0 bridgehead atoms. The van der Waals surface area contributed by atoms with Gasteiger partial charge in [0.2, 0.25) is 5.91 Å². The fourth-order valence-corrected chi connectivity index (χ4v) is 1.94. The van der Waals surface area contributed by atoms with Crippen LogP contribution in [0.5, 0.6) is 0 Å². The lowest BCUT2D eigenvalue weighted by Gasteiger charge is -2.25. The molecule has 1 aliphatic rings.